The first-order valence-corrected chi connectivity index (χ1v) is 7.27. The maximum Gasteiger partial charge on any atom is 0.275 e. The second kappa shape index (κ2) is 7.91. The van der Waals surface area contributed by atoms with E-state index in [0.29, 0.717) is 11.5 Å². The number of carbonyl (C=O) groups is 1. The van der Waals surface area contributed by atoms with Gasteiger partial charge in [-0.1, -0.05) is 0 Å². The molecular weight excluding hydrogens is 326 g/mol. The van der Waals surface area contributed by atoms with E-state index < -0.39 is 10.8 Å². The minimum Gasteiger partial charge on any atom is -0.497 e. The van der Waals surface area contributed by atoms with Crippen molar-refractivity contribution in [3.05, 3.63) is 63.7 Å². The number of nitro groups is 1. The molecule has 0 aliphatic rings. The Hall–Kier alpha value is -3.42. The van der Waals surface area contributed by atoms with Crippen molar-refractivity contribution in [1.29, 1.82) is 0 Å². The van der Waals surface area contributed by atoms with Gasteiger partial charge >= 0.3 is 0 Å². The lowest BCUT2D eigenvalue weighted by Gasteiger charge is -2.08. The van der Waals surface area contributed by atoms with E-state index in [1.165, 1.54) is 19.2 Å². The zero-order chi connectivity index (χ0) is 18.4. The van der Waals surface area contributed by atoms with Crippen LogP contribution in [0.2, 0.25) is 0 Å². The maximum atomic E-state index is 12.3. The van der Waals surface area contributed by atoms with Gasteiger partial charge in [-0.05, 0) is 42.8 Å². The Morgan fingerprint density at radius 2 is 1.80 bits per heavy atom. The highest BCUT2D eigenvalue weighted by molar-refractivity contribution is 6.01. The molecule has 0 saturated carbocycles. The highest BCUT2D eigenvalue weighted by Crippen LogP contribution is 2.23. The van der Waals surface area contributed by atoms with E-state index in [2.05, 4.69) is 10.5 Å². The van der Waals surface area contributed by atoms with E-state index >= 15 is 0 Å². The van der Waals surface area contributed by atoms with E-state index in [-0.39, 0.29) is 17.0 Å². The molecule has 0 atom stereocenters. The van der Waals surface area contributed by atoms with Gasteiger partial charge in [-0.2, -0.15) is 5.10 Å². The molecule has 8 nitrogen and oxygen atoms in total. The summed E-state index contributed by atoms with van der Waals surface area (Å²) in [6, 6.07) is 10.9. The number of nitrogens with zero attached hydrogens (tertiary/aromatic N) is 2. The van der Waals surface area contributed by atoms with Crippen molar-refractivity contribution in [1.82, 2.24) is 5.43 Å². The normalized spacial score (nSPS) is 10.9. The number of rotatable bonds is 6. The number of nitro benzene ring substituents is 1. The molecule has 1 N–H and O–H groups in total. The fraction of sp³-hybridized carbons (Fsp3) is 0.176. The fourth-order valence-corrected chi connectivity index (χ4v) is 2.08. The predicted molar refractivity (Wildman–Crippen MR) is 92.3 cm³/mol. The first kappa shape index (κ1) is 17.9. The molecule has 0 aromatic heterocycles. The zero-order valence-electron chi connectivity index (χ0n) is 14.0. The molecule has 130 valence electrons. The van der Waals surface area contributed by atoms with Crippen molar-refractivity contribution in [3.8, 4) is 11.5 Å². The van der Waals surface area contributed by atoms with Gasteiger partial charge in [-0.15, -0.1) is 0 Å². The van der Waals surface area contributed by atoms with Gasteiger partial charge in [0.05, 0.1) is 30.4 Å². The number of hydrogen-bond acceptors (Lipinski definition) is 6. The first-order chi connectivity index (χ1) is 12.0. The quantitative estimate of drug-likeness (QED) is 0.493. The summed E-state index contributed by atoms with van der Waals surface area (Å²) in [7, 11) is 2.95. The van der Waals surface area contributed by atoms with Crippen LogP contribution in [0.3, 0.4) is 0 Å². The molecule has 0 saturated heterocycles. The molecule has 8 heteroatoms. The largest absolute Gasteiger partial charge is 0.497 e. The summed E-state index contributed by atoms with van der Waals surface area (Å²) in [4.78, 5) is 22.6. The highest BCUT2D eigenvalue weighted by atomic mass is 16.6. The van der Waals surface area contributed by atoms with Crippen LogP contribution < -0.4 is 14.9 Å². The van der Waals surface area contributed by atoms with E-state index in [1.807, 2.05) is 0 Å². The average molecular weight is 343 g/mol. The second-order valence-electron chi connectivity index (χ2n) is 5.01. The first-order valence-electron chi connectivity index (χ1n) is 7.27. The number of amides is 1. The van der Waals surface area contributed by atoms with E-state index in [9.17, 15) is 14.9 Å². The Labute approximate surface area is 144 Å². The molecular formula is C17H17N3O5. The van der Waals surface area contributed by atoms with Crippen LogP contribution in [0, 0.1) is 10.1 Å². The van der Waals surface area contributed by atoms with Crippen LogP contribution in [0.1, 0.15) is 22.8 Å². The van der Waals surface area contributed by atoms with Crippen molar-refractivity contribution >= 4 is 17.3 Å². The molecule has 2 aromatic rings. The van der Waals surface area contributed by atoms with E-state index in [0.717, 1.165) is 11.6 Å². The van der Waals surface area contributed by atoms with Gasteiger partial charge in [0.1, 0.15) is 11.5 Å². The Kier molecular flexibility index (Phi) is 5.67. The Morgan fingerprint density at radius 1 is 1.12 bits per heavy atom. The van der Waals surface area contributed by atoms with Crippen molar-refractivity contribution in [2.75, 3.05) is 14.2 Å². The van der Waals surface area contributed by atoms with E-state index in [4.69, 9.17) is 9.47 Å². The van der Waals surface area contributed by atoms with Crippen LogP contribution in [0.15, 0.2) is 47.6 Å². The third kappa shape index (κ3) is 4.31. The number of methoxy groups -OCH3 is 2. The fourth-order valence-electron chi connectivity index (χ4n) is 2.08. The van der Waals surface area contributed by atoms with Crippen molar-refractivity contribution in [2.45, 2.75) is 6.92 Å². The summed E-state index contributed by atoms with van der Waals surface area (Å²) in [5, 5.41) is 14.9. The Bertz CT molecular complexity index is 816. The van der Waals surface area contributed by atoms with Crippen molar-refractivity contribution in [3.63, 3.8) is 0 Å². The summed E-state index contributed by atoms with van der Waals surface area (Å²) in [6.45, 7) is 1.73. The number of hydrogen-bond donors (Lipinski definition) is 1. The molecule has 0 fully saturated rings. The molecule has 25 heavy (non-hydrogen) atoms. The number of carbonyl (C=O) groups excluding carboxylic acids is 1. The molecule has 0 spiro atoms. The van der Waals surface area contributed by atoms with Crippen molar-refractivity contribution < 1.29 is 19.2 Å². The third-order valence-corrected chi connectivity index (χ3v) is 3.47. The van der Waals surface area contributed by atoms with E-state index in [1.54, 1.807) is 38.3 Å². The monoisotopic (exact) mass is 343 g/mol. The minimum absolute atomic E-state index is 0.0305. The second-order valence-corrected chi connectivity index (χ2v) is 5.01. The molecule has 0 bridgehead atoms. The minimum atomic E-state index is -0.603. The average Bonchev–Trinajstić information content (AvgIpc) is 2.65. The molecule has 0 unspecified atom stereocenters. The smallest absolute Gasteiger partial charge is 0.275 e. The molecule has 2 rings (SSSR count). The number of benzene rings is 2. The molecule has 0 aliphatic carbocycles. The maximum absolute atomic E-state index is 12.3. The summed E-state index contributed by atoms with van der Waals surface area (Å²) in [5.74, 6) is 0.329. The lowest BCUT2D eigenvalue weighted by Crippen LogP contribution is -2.20. The van der Waals surface area contributed by atoms with Gasteiger partial charge in [-0.3, -0.25) is 14.9 Å². The zero-order valence-corrected chi connectivity index (χ0v) is 14.0. The molecule has 2 aromatic carbocycles. The van der Waals surface area contributed by atoms with Crippen LogP contribution in [0.5, 0.6) is 11.5 Å². The van der Waals surface area contributed by atoms with Gasteiger partial charge in [0.2, 0.25) is 0 Å². The lowest BCUT2D eigenvalue weighted by molar-refractivity contribution is -0.384. The predicted octanol–water partition coefficient (Wildman–Crippen LogP) is 2.77. The summed E-state index contributed by atoms with van der Waals surface area (Å²) in [5.41, 5.74) is 3.57. The van der Waals surface area contributed by atoms with Gasteiger partial charge < -0.3 is 9.47 Å². The molecule has 0 heterocycles. The van der Waals surface area contributed by atoms with Crippen LogP contribution in [0.25, 0.3) is 0 Å². The SMILES string of the molecule is COc1ccc(/C(C)=N\NC(=O)c2cc([N+](=O)[O-])ccc2OC)cc1. The summed E-state index contributed by atoms with van der Waals surface area (Å²) >= 11 is 0. The molecule has 0 aliphatic heterocycles. The third-order valence-electron chi connectivity index (χ3n) is 3.47. The number of hydrazone groups is 1. The Balaban J connectivity index is 2.20. The van der Waals surface area contributed by atoms with Gasteiger partial charge in [0.15, 0.2) is 0 Å². The molecule has 1 amide bonds. The van der Waals surface area contributed by atoms with Crippen LogP contribution in [-0.2, 0) is 0 Å². The number of nitrogens with one attached hydrogen (secondary N) is 1. The van der Waals surface area contributed by atoms with Crippen LogP contribution >= 0.6 is 0 Å². The van der Waals surface area contributed by atoms with Gasteiger partial charge in [0.25, 0.3) is 11.6 Å². The van der Waals surface area contributed by atoms with Crippen molar-refractivity contribution in [2.24, 2.45) is 5.10 Å². The van der Waals surface area contributed by atoms with Gasteiger partial charge in [0, 0.05) is 12.1 Å². The summed E-state index contributed by atoms with van der Waals surface area (Å²) < 4.78 is 10.2. The topological polar surface area (TPSA) is 103 Å². The van der Waals surface area contributed by atoms with Crippen LogP contribution in [0.4, 0.5) is 5.69 Å². The number of ether oxygens (including phenoxy) is 2. The molecule has 0 radical (unpaired) electrons. The highest BCUT2D eigenvalue weighted by Gasteiger charge is 2.17. The lowest BCUT2D eigenvalue weighted by atomic mass is 10.1. The van der Waals surface area contributed by atoms with Gasteiger partial charge in [-0.25, -0.2) is 5.43 Å². The number of non-ortho nitro benzene ring substituents is 1. The van der Waals surface area contributed by atoms with Crippen LogP contribution in [-0.4, -0.2) is 30.8 Å². The standard InChI is InChI=1S/C17H17N3O5/c1-11(12-4-7-14(24-2)8-5-12)18-19-17(21)15-10-13(20(22)23)6-9-16(15)25-3/h4-10H,1-3H3,(H,19,21)/b18-11-. The Morgan fingerprint density at radius 3 is 2.36 bits per heavy atom. The summed E-state index contributed by atoms with van der Waals surface area (Å²) in [6.07, 6.45) is 0.